The molecule has 1 heterocycles. The first-order valence-electron chi connectivity index (χ1n) is 6.47. The molecule has 8 heteroatoms. The topological polar surface area (TPSA) is 34.1 Å². The summed E-state index contributed by atoms with van der Waals surface area (Å²) < 4.78 is 65.4. The van der Waals surface area contributed by atoms with Crippen LogP contribution in [0.5, 0.6) is 0 Å². The fourth-order valence-electron chi connectivity index (χ4n) is 1.56. The van der Waals surface area contributed by atoms with E-state index in [1.807, 2.05) is 0 Å². The van der Waals surface area contributed by atoms with Gasteiger partial charge in [0.2, 0.25) is 0 Å². The lowest BCUT2D eigenvalue weighted by atomic mass is 10.2. The number of hydrogen-bond donors (Lipinski definition) is 1. The molecule has 3 nitrogen and oxygen atoms in total. The van der Waals surface area contributed by atoms with Crippen molar-refractivity contribution >= 4 is 0 Å². The Labute approximate surface area is 118 Å². The highest BCUT2D eigenvalue weighted by Crippen LogP contribution is 2.35. The molecule has 1 aromatic heterocycles. The number of alkyl halides is 5. The van der Waals surface area contributed by atoms with Crippen LogP contribution in [0.2, 0.25) is 0 Å². The third kappa shape index (κ3) is 4.89. The number of nitrogens with one attached hydrogen (secondary N) is 1. The van der Waals surface area contributed by atoms with E-state index in [4.69, 9.17) is 0 Å². The third-order valence-electron chi connectivity index (χ3n) is 3.01. The first kappa shape index (κ1) is 16.1. The SMILES string of the molecule is FC(F)(F)C(F)(F)COCc1ccc(CNC2CC2)cn1. The van der Waals surface area contributed by atoms with E-state index in [0.29, 0.717) is 18.3 Å². The number of hydrogen-bond acceptors (Lipinski definition) is 3. The Morgan fingerprint density at radius 2 is 1.90 bits per heavy atom. The summed E-state index contributed by atoms with van der Waals surface area (Å²) in [5, 5.41) is 3.28. The molecule has 21 heavy (non-hydrogen) atoms. The highest BCUT2D eigenvalue weighted by atomic mass is 19.4. The summed E-state index contributed by atoms with van der Waals surface area (Å²) in [7, 11) is 0. The molecule has 0 amide bonds. The van der Waals surface area contributed by atoms with Crippen LogP contribution in [0.4, 0.5) is 22.0 Å². The molecule has 0 bridgehead atoms. The predicted molar refractivity (Wildman–Crippen MR) is 64.8 cm³/mol. The Morgan fingerprint density at radius 3 is 2.43 bits per heavy atom. The standard InChI is InChI=1S/C13H15F5N2O/c14-12(15,13(16,17)18)8-21-7-11-2-1-9(6-20-11)5-19-10-3-4-10/h1-2,6,10,19H,3-5,7-8H2. The quantitative estimate of drug-likeness (QED) is 0.786. The smallest absolute Gasteiger partial charge is 0.369 e. The zero-order valence-corrected chi connectivity index (χ0v) is 11.1. The molecule has 0 spiro atoms. The van der Waals surface area contributed by atoms with Gasteiger partial charge in [-0.15, -0.1) is 0 Å². The van der Waals surface area contributed by atoms with Crippen LogP contribution < -0.4 is 5.32 Å². The lowest BCUT2D eigenvalue weighted by Crippen LogP contribution is -2.40. The molecule has 1 aromatic rings. The van der Waals surface area contributed by atoms with Crippen LogP contribution in [0.25, 0.3) is 0 Å². The average molecular weight is 310 g/mol. The fraction of sp³-hybridized carbons (Fsp3) is 0.615. The molecule has 0 saturated heterocycles. The van der Waals surface area contributed by atoms with E-state index in [-0.39, 0.29) is 6.61 Å². The summed E-state index contributed by atoms with van der Waals surface area (Å²) >= 11 is 0. The van der Waals surface area contributed by atoms with Crippen LogP contribution in [0, 0.1) is 0 Å². The van der Waals surface area contributed by atoms with E-state index in [9.17, 15) is 22.0 Å². The second-order valence-corrected chi connectivity index (χ2v) is 5.01. The molecule has 1 aliphatic carbocycles. The van der Waals surface area contributed by atoms with Crippen molar-refractivity contribution in [2.75, 3.05) is 6.61 Å². The predicted octanol–water partition coefficient (Wildman–Crippen LogP) is 3.05. The van der Waals surface area contributed by atoms with Crippen molar-refractivity contribution < 1.29 is 26.7 Å². The van der Waals surface area contributed by atoms with Gasteiger partial charge in [-0.2, -0.15) is 22.0 Å². The summed E-state index contributed by atoms with van der Waals surface area (Å²) in [5.74, 6) is -4.85. The zero-order valence-electron chi connectivity index (χ0n) is 11.1. The largest absolute Gasteiger partial charge is 0.455 e. The summed E-state index contributed by atoms with van der Waals surface area (Å²) in [6.07, 6.45) is -1.73. The van der Waals surface area contributed by atoms with Gasteiger partial charge >= 0.3 is 12.1 Å². The van der Waals surface area contributed by atoms with Crippen molar-refractivity contribution in [2.45, 2.75) is 44.1 Å². The molecular formula is C13H15F5N2O. The van der Waals surface area contributed by atoms with Crippen LogP contribution in [0.15, 0.2) is 18.3 Å². The highest BCUT2D eigenvalue weighted by molar-refractivity contribution is 5.13. The highest BCUT2D eigenvalue weighted by Gasteiger charge is 2.57. The summed E-state index contributed by atoms with van der Waals surface area (Å²) in [5.41, 5.74) is 1.23. The van der Waals surface area contributed by atoms with Crippen molar-refractivity contribution in [3.63, 3.8) is 0 Å². The van der Waals surface area contributed by atoms with Gasteiger partial charge in [0.05, 0.1) is 12.3 Å². The van der Waals surface area contributed by atoms with Gasteiger partial charge in [0.25, 0.3) is 0 Å². The number of pyridine rings is 1. The number of aromatic nitrogens is 1. The van der Waals surface area contributed by atoms with Crippen molar-refractivity contribution in [2.24, 2.45) is 0 Å². The molecule has 2 rings (SSSR count). The van der Waals surface area contributed by atoms with E-state index in [1.165, 1.54) is 0 Å². The normalized spacial score (nSPS) is 16.2. The molecule has 1 aliphatic rings. The number of nitrogens with zero attached hydrogens (tertiary/aromatic N) is 1. The summed E-state index contributed by atoms with van der Waals surface area (Å²) in [6.45, 7) is -1.43. The second kappa shape index (κ2) is 6.23. The zero-order chi connectivity index (χ0) is 15.5. The maximum atomic E-state index is 12.6. The van der Waals surface area contributed by atoms with Gasteiger partial charge in [0.15, 0.2) is 0 Å². The minimum atomic E-state index is -5.60. The Kier molecular flexibility index (Phi) is 4.77. The van der Waals surface area contributed by atoms with E-state index in [0.717, 1.165) is 18.4 Å². The third-order valence-corrected chi connectivity index (χ3v) is 3.01. The Balaban J connectivity index is 1.75. The summed E-state index contributed by atoms with van der Waals surface area (Å²) in [4.78, 5) is 3.97. The molecule has 0 aromatic carbocycles. The number of ether oxygens (including phenoxy) is 1. The lowest BCUT2D eigenvalue weighted by Gasteiger charge is -2.19. The Hall–Kier alpha value is -1.28. The average Bonchev–Trinajstić information content (AvgIpc) is 3.20. The van der Waals surface area contributed by atoms with Crippen molar-refractivity contribution in [3.8, 4) is 0 Å². The molecule has 1 N–H and O–H groups in total. The molecule has 0 aliphatic heterocycles. The summed E-state index contributed by atoms with van der Waals surface area (Å²) in [6, 6.07) is 3.84. The maximum absolute atomic E-state index is 12.6. The molecule has 1 fully saturated rings. The number of rotatable bonds is 7. The van der Waals surface area contributed by atoms with Gasteiger partial charge in [-0.05, 0) is 24.5 Å². The minimum Gasteiger partial charge on any atom is -0.369 e. The first-order valence-corrected chi connectivity index (χ1v) is 6.47. The molecule has 0 radical (unpaired) electrons. The van der Waals surface area contributed by atoms with Gasteiger partial charge in [-0.25, -0.2) is 0 Å². The lowest BCUT2D eigenvalue weighted by molar-refractivity contribution is -0.297. The van der Waals surface area contributed by atoms with Gasteiger partial charge in [0.1, 0.15) is 6.61 Å². The molecular weight excluding hydrogens is 295 g/mol. The van der Waals surface area contributed by atoms with Crippen LogP contribution in [-0.2, 0) is 17.9 Å². The van der Waals surface area contributed by atoms with Crippen LogP contribution in [0.1, 0.15) is 24.1 Å². The van der Waals surface area contributed by atoms with Crippen LogP contribution >= 0.6 is 0 Å². The monoisotopic (exact) mass is 310 g/mol. The molecule has 0 atom stereocenters. The molecule has 118 valence electrons. The van der Waals surface area contributed by atoms with Crippen LogP contribution in [-0.4, -0.2) is 29.7 Å². The first-order chi connectivity index (χ1) is 9.78. The number of halogens is 5. The van der Waals surface area contributed by atoms with Crippen molar-refractivity contribution in [1.82, 2.24) is 10.3 Å². The van der Waals surface area contributed by atoms with Crippen LogP contribution in [0.3, 0.4) is 0 Å². The fourth-order valence-corrected chi connectivity index (χ4v) is 1.56. The van der Waals surface area contributed by atoms with Crippen molar-refractivity contribution in [1.29, 1.82) is 0 Å². The van der Waals surface area contributed by atoms with Gasteiger partial charge in [-0.1, -0.05) is 6.07 Å². The second-order valence-electron chi connectivity index (χ2n) is 5.01. The van der Waals surface area contributed by atoms with Crippen molar-refractivity contribution in [3.05, 3.63) is 29.6 Å². The van der Waals surface area contributed by atoms with E-state index >= 15 is 0 Å². The van der Waals surface area contributed by atoms with Gasteiger partial charge in [0, 0.05) is 18.8 Å². The van der Waals surface area contributed by atoms with Gasteiger partial charge < -0.3 is 10.1 Å². The molecule has 1 saturated carbocycles. The van der Waals surface area contributed by atoms with E-state index < -0.39 is 18.7 Å². The van der Waals surface area contributed by atoms with E-state index in [1.54, 1.807) is 18.3 Å². The van der Waals surface area contributed by atoms with Gasteiger partial charge in [-0.3, -0.25) is 4.98 Å². The molecule has 0 unspecified atom stereocenters. The Bertz CT molecular complexity index is 457. The minimum absolute atomic E-state index is 0.308. The van der Waals surface area contributed by atoms with E-state index in [2.05, 4.69) is 15.0 Å². The maximum Gasteiger partial charge on any atom is 0.455 e. The Morgan fingerprint density at radius 1 is 1.19 bits per heavy atom.